The number of rotatable bonds is 4. The Kier molecular flexibility index (Phi) is 5.94. The fourth-order valence-electron chi connectivity index (χ4n) is 4.35. The Morgan fingerprint density at radius 1 is 1.16 bits per heavy atom. The number of likely N-dealkylation sites (tertiary alicyclic amines) is 1. The van der Waals surface area contributed by atoms with Crippen LogP contribution >= 0.6 is 0 Å². The van der Waals surface area contributed by atoms with Crippen molar-refractivity contribution in [3.63, 3.8) is 0 Å². The predicted octanol–water partition coefficient (Wildman–Crippen LogP) is 3.62. The van der Waals surface area contributed by atoms with Gasteiger partial charge in [-0.2, -0.15) is 0 Å². The van der Waals surface area contributed by atoms with Crippen LogP contribution in [0.15, 0.2) is 30.3 Å². The van der Waals surface area contributed by atoms with Gasteiger partial charge in [0.2, 0.25) is 11.8 Å². The summed E-state index contributed by atoms with van der Waals surface area (Å²) >= 11 is 0. The molecule has 164 valence electrons. The number of halogens is 2. The second kappa shape index (κ2) is 8.65. The molecule has 31 heavy (non-hydrogen) atoms. The molecule has 1 atom stereocenters. The van der Waals surface area contributed by atoms with Crippen molar-refractivity contribution in [3.05, 3.63) is 53.1 Å². The molecular formula is C24H26F2N2O3. The molecule has 2 aliphatic heterocycles. The zero-order chi connectivity index (χ0) is 22.1. The van der Waals surface area contributed by atoms with Crippen LogP contribution in [-0.2, 0) is 16.0 Å². The number of nitrogens with zero attached hydrogens (tertiary/aromatic N) is 1. The van der Waals surface area contributed by atoms with Gasteiger partial charge >= 0.3 is 0 Å². The van der Waals surface area contributed by atoms with E-state index in [9.17, 15) is 18.4 Å². The van der Waals surface area contributed by atoms with Gasteiger partial charge in [0.05, 0.1) is 6.54 Å². The van der Waals surface area contributed by atoms with Crippen LogP contribution < -0.4 is 10.1 Å². The summed E-state index contributed by atoms with van der Waals surface area (Å²) in [4.78, 5) is 25.7. The lowest BCUT2D eigenvalue weighted by atomic mass is 9.95. The van der Waals surface area contributed by atoms with Crippen molar-refractivity contribution in [2.75, 3.05) is 19.6 Å². The third-order valence-electron chi connectivity index (χ3n) is 6.15. The standard InChI is InChI=1S/C24H26F2N2O3/c1-14-9-17(3-4-22(14)26)21-12-19(25)10-18-11-20(31-23(18)21)13-27-24(30)16-5-7-28(8-6-16)15(2)29/h3-4,9-10,12,16,20H,5-8,11,13H2,1-2H3,(H,27,30). The van der Waals surface area contributed by atoms with E-state index >= 15 is 0 Å². The highest BCUT2D eigenvalue weighted by Crippen LogP contribution is 2.40. The summed E-state index contributed by atoms with van der Waals surface area (Å²) in [5, 5.41) is 2.95. The molecule has 2 aliphatic rings. The highest BCUT2D eigenvalue weighted by Gasteiger charge is 2.30. The second-order valence-electron chi connectivity index (χ2n) is 8.38. The van der Waals surface area contributed by atoms with Crippen LogP contribution in [-0.4, -0.2) is 42.5 Å². The Balaban J connectivity index is 1.40. The summed E-state index contributed by atoms with van der Waals surface area (Å²) < 4.78 is 34.0. The molecule has 0 aromatic heterocycles. The van der Waals surface area contributed by atoms with E-state index in [2.05, 4.69) is 5.32 Å². The predicted molar refractivity (Wildman–Crippen MR) is 113 cm³/mol. The van der Waals surface area contributed by atoms with Crippen LogP contribution in [0.2, 0.25) is 0 Å². The third-order valence-corrected chi connectivity index (χ3v) is 6.15. The highest BCUT2D eigenvalue weighted by atomic mass is 19.1. The molecule has 0 spiro atoms. The Labute approximate surface area is 180 Å². The zero-order valence-electron chi connectivity index (χ0n) is 17.7. The number of piperidine rings is 1. The zero-order valence-corrected chi connectivity index (χ0v) is 17.7. The van der Waals surface area contributed by atoms with E-state index in [1.54, 1.807) is 30.9 Å². The molecule has 1 fully saturated rings. The molecule has 0 aliphatic carbocycles. The van der Waals surface area contributed by atoms with Gasteiger partial charge in [-0.25, -0.2) is 8.78 Å². The van der Waals surface area contributed by atoms with Gasteiger partial charge in [0.25, 0.3) is 0 Å². The van der Waals surface area contributed by atoms with Crippen LogP contribution in [0.1, 0.15) is 30.9 Å². The van der Waals surface area contributed by atoms with Crippen LogP contribution in [0.3, 0.4) is 0 Å². The van der Waals surface area contributed by atoms with Crippen LogP contribution in [0.25, 0.3) is 11.1 Å². The number of nitrogens with one attached hydrogen (secondary N) is 1. The smallest absolute Gasteiger partial charge is 0.223 e. The van der Waals surface area contributed by atoms with Crippen molar-refractivity contribution in [3.8, 4) is 16.9 Å². The van der Waals surface area contributed by atoms with Crippen LogP contribution in [0, 0.1) is 24.5 Å². The van der Waals surface area contributed by atoms with E-state index in [1.165, 1.54) is 18.2 Å². The van der Waals surface area contributed by atoms with Crippen molar-refractivity contribution in [2.45, 2.75) is 39.2 Å². The molecule has 0 bridgehead atoms. The van der Waals surface area contributed by atoms with Gasteiger partial charge in [0, 0.05) is 43.5 Å². The molecule has 1 saturated heterocycles. The fourth-order valence-corrected chi connectivity index (χ4v) is 4.35. The SMILES string of the molecule is CC(=O)N1CCC(C(=O)NCC2Cc3cc(F)cc(-c4ccc(F)c(C)c4)c3O2)CC1. The number of hydrogen-bond acceptors (Lipinski definition) is 3. The maximum Gasteiger partial charge on any atom is 0.223 e. The molecule has 0 saturated carbocycles. The lowest BCUT2D eigenvalue weighted by molar-refractivity contribution is -0.134. The topological polar surface area (TPSA) is 58.6 Å². The quantitative estimate of drug-likeness (QED) is 0.809. The van der Waals surface area contributed by atoms with Gasteiger partial charge in [0.15, 0.2) is 0 Å². The van der Waals surface area contributed by atoms with E-state index in [4.69, 9.17) is 4.74 Å². The number of amides is 2. The van der Waals surface area contributed by atoms with E-state index in [1.807, 2.05) is 0 Å². The maximum atomic E-state index is 14.2. The first-order valence-electron chi connectivity index (χ1n) is 10.6. The van der Waals surface area contributed by atoms with E-state index < -0.39 is 0 Å². The molecule has 1 unspecified atom stereocenters. The minimum Gasteiger partial charge on any atom is -0.487 e. The first-order chi connectivity index (χ1) is 14.8. The van der Waals surface area contributed by atoms with Crippen molar-refractivity contribution >= 4 is 11.8 Å². The summed E-state index contributed by atoms with van der Waals surface area (Å²) in [5.41, 5.74) is 2.50. The summed E-state index contributed by atoms with van der Waals surface area (Å²) in [6.45, 7) is 4.72. The normalized spacial score (nSPS) is 18.5. The minimum atomic E-state index is -0.374. The lowest BCUT2D eigenvalue weighted by Gasteiger charge is -2.30. The molecule has 2 amide bonds. The Morgan fingerprint density at radius 3 is 2.58 bits per heavy atom. The van der Waals surface area contributed by atoms with Crippen LogP contribution in [0.4, 0.5) is 8.78 Å². The van der Waals surface area contributed by atoms with Crippen molar-refractivity contribution in [2.24, 2.45) is 5.92 Å². The fraction of sp³-hybridized carbons (Fsp3) is 0.417. The molecular weight excluding hydrogens is 402 g/mol. The Morgan fingerprint density at radius 2 is 1.90 bits per heavy atom. The summed E-state index contributed by atoms with van der Waals surface area (Å²) in [6.07, 6.45) is 1.49. The molecule has 5 nitrogen and oxygen atoms in total. The number of fused-ring (bicyclic) bond motifs is 1. The number of hydrogen-bond donors (Lipinski definition) is 1. The lowest BCUT2D eigenvalue weighted by Crippen LogP contribution is -2.44. The summed E-state index contributed by atoms with van der Waals surface area (Å²) in [7, 11) is 0. The van der Waals surface area contributed by atoms with E-state index in [0.29, 0.717) is 61.3 Å². The number of aryl methyl sites for hydroxylation is 1. The van der Waals surface area contributed by atoms with Gasteiger partial charge in [-0.15, -0.1) is 0 Å². The number of carbonyl (C=O) groups excluding carboxylic acids is 2. The van der Waals surface area contributed by atoms with E-state index in [0.717, 1.165) is 5.56 Å². The minimum absolute atomic E-state index is 0.0374. The largest absolute Gasteiger partial charge is 0.487 e. The summed E-state index contributed by atoms with van der Waals surface area (Å²) in [5.74, 6) is -0.219. The number of benzene rings is 2. The van der Waals surface area contributed by atoms with Gasteiger partial charge < -0.3 is 15.0 Å². The highest BCUT2D eigenvalue weighted by molar-refractivity contribution is 5.79. The summed E-state index contributed by atoms with van der Waals surface area (Å²) in [6, 6.07) is 7.51. The van der Waals surface area contributed by atoms with Gasteiger partial charge in [-0.1, -0.05) is 6.07 Å². The first-order valence-corrected chi connectivity index (χ1v) is 10.6. The van der Waals surface area contributed by atoms with Crippen LogP contribution in [0.5, 0.6) is 5.75 Å². The van der Waals surface area contributed by atoms with Crippen molar-refractivity contribution < 1.29 is 23.1 Å². The average Bonchev–Trinajstić information content (AvgIpc) is 3.16. The molecule has 0 radical (unpaired) electrons. The Bertz CT molecular complexity index is 1020. The average molecular weight is 428 g/mol. The van der Waals surface area contributed by atoms with E-state index in [-0.39, 0.29) is 35.5 Å². The number of ether oxygens (including phenoxy) is 1. The second-order valence-corrected chi connectivity index (χ2v) is 8.38. The molecule has 1 N–H and O–H groups in total. The third kappa shape index (κ3) is 4.55. The first kappa shape index (κ1) is 21.3. The van der Waals surface area contributed by atoms with Crippen molar-refractivity contribution in [1.29, 1.82) is 0 Å². The molecule has 4 rings (SSSR count). The molecule has 2 heterocycles. The van der Waals surface area contributed by atoms with Gasteiger partial charge in [-0.3, -0.25) is 9.59 Å². The van der Waals surface area contributed by atoms with Gasteiger partial charge in [0.1, 0.15) is 23.5 Å². The monoisotopic (exact) mass is 428 g/mol. The van der Waals surface area contributed by atoms with Crippen molar-refractivity contribution in [1.82, 2.24) is 10.2 Å². The number of carbonyl (C=O) groups is 2. The van der Waals surface area contributed by atoms with Gasteiger partial charge in [-0.05, 0) is 55.2 Å². The molecule has 2 aromatic carbocycles. The maximum absolute atomic E-state index is 14.2. The molecule has 2 aromatic rings. The molecule has 7 heteroatoms. The Hall–Kier alpha value is -2.96.